The first-order valence-corrected chi connectivity index (χ1v) is 12.3. The lowest BCUT2D eigenvalue weighted by Crippen LogP contribution is -2.48. The quantitative estimate of drug-likeness (QED) is 0.387. The second-order valence-corrected chi connectivity index (χ2v) is 9.02. The number of carboxylic acid groups (broad SMARTS) is 1. The highest BCUT2D eigenvalue weighted by Crippen LogP contribution is 2.34. The molecule has 2 aromatic carbocycles. The number of anilines is 1. The van der Waals surface area contributed by atoms with Gasteiger partial charge in [0.1, 0.15) is 0 Å². The number of likely N-dealkylation sites (tertiary alicyclic amines) is 1. The molecule has 9 heteroatoms. The normalized spacial score (nSPS) is 13.8. The Morgan fingerprint density at radius 1 is 0.972 bits per heavy atom. The first kappa shape index (κ1) is 31.7. The fraction of sp³-hybridized carbons (Fsp3) is 0.481. The van der Waals surface area contributed by atoms with Crippen LogP contribution in [0.3, 0.4) is 0 Å². The van der Waals surface area contributed by atoms with Crippen LogP contribution >= 0.6 is 24.8 Å². The van der Waals surface area contributed by atoms with E-state index >= 15 is 0 Å². The number of nitrogens with two attached hydrogens (primary N) is 1. The third-order valence-electron chi connectivity index (χ3n) is 6.65. The number of halogens is 2. The Bertz CT molecular complexity index is 924. The molecule has 3 rings (SSSR count). The predicted molar refractivity (Wildman–Crippen MR) is 151 cm³/mol. The Kier molecular flexibility index (Phi) is 14.5. The number of hydrogen-bond donors (Lipinski definition) is 2. The van der Waals surface area contributed by atoms with Gasteiger partial charge in [0, 0.05) is 51.3 Å². The van der Waals surface area contributed by atoms with Crippen molar-refractivity contribution in [3.8, 4) is 11.1 Å². The molecule has 2 aromatic rings. The molecule has 0 aliphatic carbocycles. The number of hydrogen-bond acceptors (Lipinski definition) is 4. The summed E-state index contributed by atoms with van der Waals surface area (Å²) in [5, 5.41) is 10.1. The van der Waals surface area contributed by atoms with Crippen molar-refractivity contribution in [1.29, 1.82) is 0 Å². The lowest BCUT2D eigenvalue weighted by molar-refractivity contribution is -0.130. The number of carbonyl (C=O) groups excluding carboxylic acids is 1. The molecule has 0 bridgehead atoms. The maximum atomic E-state index is 12.3. The zero-order chi connectivity index (χ0) is 24.3. The largest absolute Gasteiger partial charge is 0.465 e. The Balaban J connectivity index is 0.00000324. The van der Waals surface area contributed by atoms with E-state index < -0.39 is 6.09 Å². The van der Waals surface area contributed by atoms with Crippen LogP contribution in [0.15, 0.2) is 54.6 Å². The number of para-hydroxylation sites is 1. The van der Waals surface area contributed by atoms with E-state index in [0.29, 0.717) is 19.5 Å². The molecule has 1 heterocycles. The number of rotatable bonds is 11. The average Bonchev–Trinajstić information content (AvgIpc) is 2.86. The van der Waals surface area contributed by atoms with Gasteiger partial charge in [-0.1, -0.05) is 55.0 Å². The van der Waals surface area contributed by atoms with Gasteiger partial charge in [0.05, 0.1) is 5.69 Å². The van der Waals surface area contributed by atoms with Crippen LogP contribution in [0.1, 0.15) is 38.5 Å². The van der Waals surface area contributed by atoms with E-state index in [1.165, 1.54) is 0 Å². The molecule has 2 amide bonds. The van der Waals surface area contributed by atoms with Gasteiger partial charge in [0.15, 0.2) is 0 Å². The Labute approximate surface area is 227 Å². The van der Waals surface area contributed by atoms with E-state index in [4.69, 9.17) is 5.73 Å². The van der Waals surface area contributed by atoms with Crippen molar-refractivity contribution in [2.24, 2.45) is 5.73 Å². The summed E-state index contributed by atoms with van der Waals surface area (Å²) in [6, 6.07) is 17.6. The fourth-order valence-electron chi connectivity index (χ4n) is 4.61. The third kappa shape index (κ3) is 8.96. The molecule has 36 heavy (non-hydrogen) atoms. The zero-order valence-corrected chi connectivity index (χ0v) is 22.7. The second kappa shape index (κ2) is 16.4. The van der Waals surface area contributed by atoms with Crippen LogP contribution in [0.5, 0.6) is 0 Å². The summed E-state index contributed by atoms with van der Waals surface area (Å²) in [7, 11) is 1.87. The molecule has 1 aliphatic heterocycles. The van der Waals surface area contributed by atoms with Gasteiger partial charge in [-0.05, 0) is 43.9 Å². The van der Waals surface area contributed by atoms with Gasteiger partial charge in [-0.15, -0.1) is 24.8 Å². The first-order chi connectivity index (χ1) is 16.5. The SMILES string of the molecule is CN(CCN1CCC(N(C(=O)O)c2ccccc2-c2ccccc2)CC1)C(=O)CCCCCN.Cl.Cl. The summed E-state index contributed by atoms with van der Waals surface area (Å²) in [6.45, 7) is 3.82. The smallest absolute Gasteiger partial charge is 0.412 e. The lowest BCUT2D eigenvalue weighted by atomic mass is 9.98. The Morgan fingerprint density at radius 3 is 2.25 bits per heavy atom. The Hall–Kier alpha value is -2.32. The molecular formula is C27H40Cl2N4O3. The molecule has 0 aromatic heterocycles. The van der Waals surface area contributed by atoms with Gasteiger partial charge in [-0.2, -0.15) is 0 Å². The van der Waals surface area contributed by atoms with E-state index in [1.807, 2.05) is 66.5 Å². The van der Waals surface area contributed by atoms with Crippen LogP contribution in [-0.4, -0.2) is 72.7 Å². The van der Waals surface area contributed by atoms with Crippen LogP contribution in [0.25, 0.3) is 11.1 Å². The van der Waals surface area contributed by atoms with Crippen LogP contribution < -0.4 is 10.6 Å². The highest BCUT2D eigenvalue weighted by molar-refractivity contribution is 5.93. The summed E-state index contributed by atoms with van der Waals surface area (Å²) in [6.07, 6.45) is 4.06. The van der Waals surface area contributed by atoms with Crippen LogP contribution in [0.2, 0.25) is 0 Å². The van der Waals surface area contributed by atoms with Crippen LogP contribution in [-0.2, 0) is 4.79 Å². The van der Waals surface area contributed by atoms with Gasteiger partial charge in [0.2, 0.25) is 5.91 Å². The highest BCUT2D eigenvalue weighted by atomic mass is 35.5. The molecule has 200 valence electrons. The second-order valence-electron chi connectivity index (χ2n) is 9.02. The minimum Gasteiger partial charge on any atom is -0.465 e. The van der Waals surface area contributed by atoms with Gasteiger partial charge in [-0.25, -0.2) is 4.79 Å². The number of amides is 2. The molecule has 0 unspecified atom stereocenters. The number of piperidine rings is 1. The molecular weight excluding hydrogens is 499 g/mol. The van der Waals surface area contributed by atoms with Crippen molar-refractivity contribution >= 4 is 42.5 Å². The summed E-state index contributed by atoms with van der Waals surface area (Å²) < 4.78 is 0. The van der Waals surface area contributed by atoms with Crippen molar-refractivity contribution in [3.63, 3.8) is 0 Å². The summed E-state index contributed by atoms with van der Waals surface area (Å²) in [5.74, 6) is 0.182. The number of likely N-dealkylation sites (N-methyl/N-ethyl adjacent to an activating group) is 1. The van der Waals surface area contributed by atoms with E-state index in [1.54, 1.807) is 4.90 Å². The van der Waals surface area contributed by atoms with Gasteiger partial charge in [0.25, 0.3) is 0 Å². The molecule has 7 nitrogen and oxygen atoms in total. The van der Waals surface area contributed by atoms with Gasteiger partial charge >= 0.3 is 6.09 Å². The number of benzene rings is 2. The number of unbranched alkanes of at least 4 members (excludes halogenated alkanes) is 2. The van der Waals surface area contributed by atoms with Crippen molar-refractivity contribution < 1.29 is 14.7 Å². The molecule has 0 atom stereocenters. The van der Waals surface area contributed by atoms with Gasteiger partial charge in [-0.3, -0.25) is 9.69 Å². The zero-order valence-electron chi connectivity index (χ0n) is 21.1. The van der Waals surface area contributed by atoms with E-state index in [-0.39, 0.29) is 36.8 Å². The van der Waals surface area contributed by atoms with E-state index in [2.05, 4.69) is 4.90 Å². The summed E-state index contributed by atoms with van der Waals surface area (Å²) >= 11 is 0. The van der Waals surface area contributed by atoms with Gasteiger partial charge < -0.3 is 20.6 Å². The van der Waals surface area contributed by atoms with Crippen molar-refractivity contribution in [3.05, 3.63) is 54.6 Å². The number of nitrogens with zero attached hydrogens (tertiary/aromatic N) is 3. The van der Waals surface area contributed by atoms with Crippen LogP contribution in [0.4, 0.5) is 10.5 Å². The third-order valence-corrected chi connectivity index (χ3v) is 6.65. The molecule has 1 aliphatic rings. The molecule has 0 spiro atoms. The number of carbonyl (C=O) groups is 2. The molecule has 1 saturated heterocycles. The molecule has 0 radical (unpaired) electrons. The predicted octanol–water partition coefficient (Wildman–Crippen LogP) is 5.12. The maximum Gasteiger partial charge on any atom is 0.412 e. The standard InChI is InChI=1S/C27H38N4O3.2ClH/c1-29(26(32)14-6-3-9-17-28)20-21-30-18-15-23(16-19-30)31(27(33)34)25-13-8-7-12-24(25)22-10-4-2-5-11-22;;/h2,4-5,7-8,10-13,23H,3,6,9,14-21,28H2,1H3,(H,33,34);2*1H. The van der Waals surface area contributed by atoms with Crippen molar-refractivity contribution in [2.45, 2.75) is 44.6 Å². The topological polar surface area (TPSA) is 90.1 Å². The van der Waals surface area contributed by atoms with Crippen LogP contribution in [0, 0.1) is 0 Å². The monoisotopic (exact) mass is 538 g/mol. The first-order valence-electron chi connectivity index (χ1n) is 12.3. The minimum atomic E-state index is -0.915. The Morgan fingerprint density at radius 2 is 1.61 bits per heavy atom. The van der Waals surface area contributed by atoms with E-state index in [9.17, 15) is 14.7 Å². The average molecular weight is 540 g/mol. The fourth-order valence-corrected chi connectivity index (χ4v) is 4.61. The maximum absolute atomic E-state index is 12.3. The minimum absolute atomic E-state index is 0. The van der Waals surface area contributed by atoms with E-state index in [0.717, 1.165) is 68.6 Å². The molecule has 1 fully saturated rings. The molecule has 3 N–H and O–H groups in total. The summed E-state index contributed by atoms with van der Waals surface area (Å²) in [4.78, 5) is 30.3. The van der Waals surface area contributed by atoms with Crippen molar-refractivity contribution in [1.82, 2.24) is 9.80 Å². The molecule has 0 saturated carbocycles. The highest BCUT2D eigenvalue weighted by Gasteiger charge is 2.30. The lowest BCUT2D eigenvalue weighted by Gasteiger charge is -2.38. The van der Waals surface area contributed by atoms with Crippen molar-refractivity contribution in [2.75, 3.05) is 44.7 Å². The summed E-state index contributed by atoms with van der Waals surface area (Å²) in [5.41, 5.74) is 8.19.